The van der Waals surface area contributed by atoms with Crippen LogP contribution in [0, 0.1) is 11.8 Å². The summed E-state index contributed by atoms with van der Waals surface area (Å²) in [6.45, 7) is 0. The molecule has 1 saturated heterocycles. The second-order valence-corrected chi connectivity index (χ2v) is 10.3. The number of ether oxygens (including phenoxy) is 2. The van der Waals surface area contributed by atoms with Crippen LogP contribution < -0.4 is 19.7 Å². The van der Waals surface area contributed by atoms with E-state index in [9.17, 15) is 14.4 Å². The average molecular weight is 531 g/mol. The highest BCUT2D eigenvalue weighted by atomic mass is 16.5. The molecule has 0 saturated carbocycles. The first kappa shape index (κ1) is 24.2. The third kappa shape index (κ3) is 3.33. The molecular formula is C33H26N2O5. The van der Waals surface area contributed by atoms with Crippen LogP contribution in [0.5, 0.6) is 11.5 Å². The molecule has 8 rings (SSSR count). The zero-order chi connectivity index (χ0) is 27.5. The van der Waals surface area contributed by atoms with Gasteiger partial charge in [0.25, 0.3) is 5.91 Å². The lowest BCUT2D eigenvalue weighted by Gasteiger charge is -2.45. The lowest BCUT2D eigenvalue weighted by molar-refractivity contribution is -0.122. The topological polar surface area (TPSA) is 84.9 Å². The Labute approximate surface area is 231 Å². The van der Waals surface area contributed by atoms with Crippen molar-refractivity contribution >= 4 is 29.1 Å². The van der Waals surface area contributed by atoms with Crippen LogP contribution in [0.25, 0.3) is 0 Å². The Morgan fingerprint density at radius 1 is 0.700 bits per heavy atom. The Bertz CT molecular complexity index is 1600. The predicted octanol–water partition coefficient (Wildman–Crippen LogP) is 5.35. The van der Waals surface area contributed by atoms with E-state index >= 15 is 0 Å². The molecule has 1 heterocycles. The fraction of sp³-hybridized carbons (Fsp3) is 0.182. The van der Waals surface area contributed by atoms with E-state index in [2.05, 4.69) is 29.6 Å². The number of para-hydroxylation sites is 1. The van der Waals surface area contributed by atoms with Gasteiger partial charge in [0.2, 0.25) is 11.8 Å². The van der Waals surface area contributed by atoms with E-state index in [-0.39, 0.29) is 34.9 Å². The van der Waals surface area contributed by atoms with Gasteiger partial charge in [-0.25, -0.2) is 4.90 Å². The highest BCUT2D eigenvalue weighted by molar-refractivity contribution is 6.26. The second-order valence-electron chi connectivity index (χ2n) is 10.3. The number of hydrogen-bond donors (Lipinski definition) is 1. The second kappa shape index (κ2) is 9.09. The number of benzene rings is 4. The molecule has 7 nitrogen and oxygen atoms in total. The molecule has 1 aliphatic heterocycles. The van der Waals surface area contributed by atoms with E-state index in [1.54, 1.807) is 42.5 Å². The third-order valence-corrected chi connectivity index (χ3v) is 8.49. The molecule has 4 aliphatic rings. The molecule has 2 bridgehead atoms. The minimum absolute atomic E-state index is 0.217. The molecule has 0 unspecified atom stereocenters. The van der Waals surface area contributed by atoms with Gasteiger partial charge in [-0.05, 0) is 46.5 Å². The smallest absolute Gasteiger partial charge is 0.257 e. The number of imide groups is 1. The monoisotopic (exact) mass is 530 g/mol. The number of carbonyl (C=O) groups excluding carboxylic acids is 3. The van der Waals surface area contributed by atoms with Crippen LogP contribution in [0.3, 0.4) is 0 Å². The van der Waals surface area contributed by atoms with Crippen molar-refractivity contribution in [2.75, 3.05) is 24.4 Å². The molecule has 1 N–H and O–H groups in total. The first-order valence-corrected chi connectivity index (χ1v) is 13.2. The van der Waals surface area contributed by atoms with Gasteiger partial charge in [0, 0.05) is 17.9 Å². The molecule has 3 amide bonds. The van der Waals surface area contributed by atoms with Gasteiger partial charge >= 0.3 is 0 Å². The Morgan fingerprint density at radius 2 is 1.23 bits per heavy atom. The van der Waals surface area contributed by atoms with Gasteiger partial charge in [-0.1, -0.05) is 60.7 Å². The molecule has 0 radical (unpaired) electrons. The van der Waals surface area contributed by atoms with E-state index in [1.807, 2.05) is 24.3 Å². The molecule has 40 heavy (non-hydrogen) atoms. The normalized spacial score (nSPS) is 21.9. The summed E-state index contributed by atoms with van der Waals surface area (Å²) in [6, 6.07) is 28.1. The Morgan fingerprint density at radius 3 is 1.75 bits per heavy atom. The Kier molecular flexibility index (Phi) is 5.49. The van der Waals surface area contributed by atoms with Crippen LogP contribution in [-0.2, 0) is 9.59 Å². The summed E-state index contributed by atoms with van der Waals surface area (Å²) in [7, 11) is 3.05. The molecular weight excluding hydrogens is 504 g/mol. The quantitative estimate of drug-likeness (QED) is 0.352. The summed E-state index contributed by atoms with van der Waals surface area (Å²) in [6.07, 6.45) is 0. The van der Waals surface area contributed by atoms with Crippen LogP contribution in [0.15, 0.2) is 91.0 Å². The summed E-state index contributed by atoms with van der Waals surface area (Å²) >= 11 is 0. The molecule has 3 aliphatic carbocycles. The maximum Gasteiger partial charge on any atom is 0.257 e. The van der Waals surface area contributed by atoms with Crippen LogP contribution >= 0.6 is 0 Å². The number of rotatable bonds is 5. The number of carbonyl (C=O) groups is 3. The van der Waals surface area contributed by atoms with Crippen molar-refractivity contribution in [1.29, 1.82) is 0 Å². The van der Waals surface area contributed by atoms with E-state index in [0.29, 0.717) is 17.2 Å². The zero-order valence-electron chi connectivity index (χ0n) is 22.0. The molecule has 2 atom stereocenters. The van der Waals surface area contributed by atoms with Crippen LogP contribution in [-0.4, -0.2) is 31.9 Å². The summed E-state index contributed by atoms with van der Waals surface area (Å²) in [5.41, 5.74) is 5.32. The van der Waals surface area contributed by atoms with Crippen molar-refractivity contribution in [1.82, 2.24) is 0 Å². The number of amides is 3. The van der Waals surface area contributed by atoms with Crippen LogP contribution in [0.1, 0.15) is 44.4 Å². The first-order chi connectivity index (χ1) is 19.5. The molecule has 4 aromatic carbocycles. The average Bonchev–Trinajstić information content (AvgIpc) is 3.26. The van der Waals surface area contributed by atoms with E-state index in [1.165, 1.54) is 19.1 Å². The highest BCUT2D eigenvalue weighted by Crippen LogP contribution is 2.61. The fourth-order valence-electron chi connectivity index (χ4n) is 6.88. The zero-order valence-corrected chi connectivity index (χ0v) is 22.0. The molecule has 7 heteroatoms. The summed E-state index contributed by atoms with van der Waals surface area (Å²) in [5, 5.41) is 2.87. The third-order valence-electron chi connectivity index (χ3n) is 8.49. The summed E-state index contributed by atoms with van der Waals surface area (Å²) in [5.74, 6) is -1.50. The molecule has 4 aromatic rings. The van der Waals surface area contributed by atoms with Crippen molar-refractivity contribution in [2.24, 2.45) is 11.8 Å². The van der Waals surface area contributed by atoms with Gasteiger partial charge in [0.05, 0.1) is 43.0 Å². The summed E-state index contributed by atoms with van der Waals surface area (Å²) < 4.78 is 10.7. The minimum atomic E-state index is -0.531. The van der Waals surface area contributed by atoms with Crippen molar-refractivity contribution in [3.05, 3.63) is 119 Å². The van der Waals surface area contributed by atoms with Crippen molar-refractivity contribution in [3.8, 4) is 11.5 Å². The van der Waals surface area contributed by atoms with Gasteiger partial charge in [0.15, 0.2) is 0 Å². The Balaban J connectivity index is 1.30. The molecule has 0 aromatic heterocycles. The van der Waals surface area contributed by atoms with Gasteiger partial charge in [-0.3, -0.25) is 14.4 Å². The standard InChI is InChI=1S/C33H26N2O5/c1-39-18-15-16-26(40-2)24(17-18)34-31(36)23-13-7-8-14-25(23)35-32(37)29-27-19-9-3-4-10-20(19)28(30(29)33(35)38)22-12-6-5-11-21(22)27/h3-17,27-30H,1-2H3,(H,34,36)/t27?,28?,29-,30+. The SMILES string of the molecule is COc1ccc(OC)c(NC(=O)c2ccccc2N2C(=O)[C@@H]3C4c5ccccc5C(c5ccccc54)[C@@H]3C2=O)c1. The first-order valence-electron chi connectivity index (χ1n) is 13.2. The maximum absolute atomic E-state index is 14.2. The van der Waals surface area contributed by atoms with Gasteiger partial charge in [0.1, 0.15) is 11.5 Å². The molecule has 198 valence electrons. The molecule has 1 fully saturated rings. The number of hydrogen-bond acceptors (Lipinski definition) is 5. The number of nitrogens with one attached hydrogen (secondary N) is 1. The van der Waals surface area contributed by atoms with Crippen LogP contribution in [0.2, 0.25) is 0 Å². The lowest BCUT2D eigenvalue weighted by atomic mass is 9.55. The molecule has 0 spiro atoms. The fourth-order valence-corrected chi connectivity index (χ4v) is 6.88. The highest BCUT2D eigenvalue weighted by Gasteiger charge is 2.62. The lowest BCUT2D eigenvalue weighted by Crippen LogP contribution is -2.41. The predicted molar refractivity (Wildman–Crippen MR) is 150 cm³/mol. The minimum Gasteiger partial charge on any atom is -0.497 e. The maximum atomic E-state index is 14.2. The van der Waals surface area contributed by atoms with Crippen molar-refractivity contribution in [3.63, 3.8) is 0 Å². The van der Waals surface area contributed by atoms with E-state index in [4.69, 9.17) is 9.47 Å². The van der Waals surface area contributed by atoms with Gasteiger partial charge in [-0.15, -0.1) is 0 Å². The summed E-state index contributed by atoms with van der Waals surface area (Å²) in [4.78, 5) is 43.3. The van der Waals surface area contributed by atoms with Gasteiger partial charge in [-0.2, -0.15) is 0 Å². The van der Waals surface area contributed by atoms with Crippen molar-refractivity contribution < 1.29 is 23.9 Å². The van der Waals surface area contributed by atoms with E-state index in [0.717, 1.165) is 22.3 Å². The van der Waals surface area contributed by atoms with Gasteiger partial charge < -0.3 is 14.8 Å². The Hall–Kier alpha value is -4.91. The largest absolute Gasteiger partial charge is 0.497 e. The number of anilines is 2. The van der Waals surface area contributed by atoms with Crippen LogP contribution in [0.4, 0.5) is 11.4 Å². The number of nitrogens with zero attached hydrogens (tertiary/aromatic N) is 1. The van der Waals surface area contributed by atoms with E-state index < -0.39 is 17.7 Å². The van der Waals surface area contributed by atoms with Crippen molar-refractivity contribution in [2.45, 2.75) is 11.8 Å². The number of methoxy groups -OCH3 is 2.